The summed E-state index contributed by atoms with van der Waals surface area (Å²) in [6.45, 7) is 34.5. The van der Waals surface area contributed by atoms with Crippen molar-refractivity contribution >= 4 is 0 Å². The van der Waals surface area contributed by atoms with Crippen LogP contribution in [-0.2, 0) is 0 Å². The van der Waals surface area contributed by atoms with Crippen LogP contribution in [0.25, 0.3) is 0 Å². The summed E-state index contributed by atoms with van der Waals surface area (Å²) in [7, 11) is 0. The molecule has 0 saturated heterocycles. The van der Waals surface area contributed by atoms with Crippen LogP contribution in [0.2, 0.25) is 0 Å². The highest BCUT2D eigenvalue weighted by Gasteiger charge is 2.56. The predicted octanol–water partition coefficient (Wildman–Crippen LogP) is 19.4. The molecule has 17 aliphatic carbocycles. The zero-order valence-corrected chi connectivity index (χ0v) is 45.7. The molecule has 368 valence electrons. The molecule has 64 heavy (non-hydrogen) atoms. The number of hydrogen-bond acceptors (Lipinski definition) is 0. The Kier molecular flexibility index (Phi) is 14.0. The average molecular weight is 882 g/mol. The van der Waals surface area contributed by atoms with Gasteiger partial charge in [0.2, 0.25) is 0 Å². The van der Waals surface area contributed by atoms with Gasteiger partial charge in [0.25, 0.3) is 0 Å². The van der Waals surface area contributed by atoms with E-state index in [2.05, 4.69) is 96.9 Å². The molecule has 0 amide bonds. The lowest BCUT2D eigenvalue weighted by Gasteiger charge is -2.61. The van der Waals surface area contributed by atoms with E-state index in [-0.39, 0.29) is 0 Å². The third kappa shape index (κ3) is 10.1. The van der Waals surface area contributed by atoms with Gasteiger partial charge in [0.1, 0.15) is 0 Å². The molecule has 14 bridgehead atoms. The molecule has 10 atom stereocenters. The molecule has 17 rings (SSSR count). The Morgan fingerprint density at radius 1 is 0.312 bits per heavy atom. The Balaban J connectivity index is 0.0000000975. The van der Waals surface area contributed by atoms with Crippen LogP contribution in [-0.4, -0.2) is 0 Å². The van der Waals surface area contributed by atoms with Crippen LogP contribution in [0.5, 0.6) is 0 Å². The molecule has 0 N–H and O–H groups in total. The second kappa shape index (κ2) is 18.3. The zero-order chi connectivity index (χ0) is 45.7. The summed E-state index contributed by atoms with van der Waals surface area (Å²) >= 11 is 0. The highest BCUT2D eigenvalue weighted by molar-refractivity contribution is 5.06. The minimum absolute atomic E-state index is 0.686. The van der Waals surface area contributed by atoms with Crippen molar-refractivity contribution in [2.45, 2.75) is 257 Å². The quantitative estimate of drug-likeness (QED) is 0.227. The van der Waals surface area contributed by atoms with Crippen LogP contribution in [0.4, 0.5) is 0 Å². The van der Waals surface area contributed by atoms with E-state index in [0.29, 0.717) is 5.41 Å². The van der Waals surface area contributed by atoms with Crippen LogP contribution in [0.3, 0.4) is 0 Å². The van der Waals surface area contributed by atoms with Crippen LogP contribution < -0.4 is 0 Å². The van der Waals surface area contributed by atoms with Gasteiger partial charge in [-0.05, 0) is 306 Å². The average Bonchev–Trinajstić information content (AvgIpc) is 3.48. The van der Waals surface area contributed by atoms with Crippen molar-refractivity contribution in [2.75, 3.05) is 0 Å². The van der Waals surface area contributed by atoms with Gasteiger partial charge in [0.15, 0.2) is 0 Å². The molecule has 0 nitrogen and oxygen atoms in total. The maximum atomic E-state index is 2.55. The SMILES string of the molecule is CC12CC3CC(C1)CC(C)(C3)C2.CC1C2CC3CC1CC(C)(C3)C2.CC1CC2(C1)CC(C)C2.CC1CC2CC(C1C)C2(C)C.CC1CC2CCC(C1)C2C.CC1CC2CCC(C1)C2C. The summed E-state index contributed by atoms with van der Waals surface area (Å²) < 4.78 is 0. The third-order valence-electron chi connectivity index (χ3n) is 25.2. The van der Waals surface area contributed by atoms with Gasteiger partial charge in [-0.2, -0.15) is 0 Å². The van der Waals surface area contributed by atoms with Gasteiger partial charge in [-0.25, -0.2) is 0 Å². The Morgan fingerprint density at radius 2 is 0.703 bits per heavy atom. The van der Waals surface area contributed by atoms with Gasteiger partial charge in [-0.3, -0.25) is 0 Å². The summed E-state index contributed by atoms with van der Waals surface area (Å²) in [5.74, 6) is 21.4. The highest BCUT2D eigenvalue weighted by Crippen LogP contribution is 2.66. The van der Waals surface area contributed by atoms with E-state index in [4.69, 9.17) is 0 Å². The molecule has 0 heteroatoms. The molecule has 1 spiro atoms. The Bertz CT molecular complexity index is 1420. The smallest absolute Gasteiger partial charge is 0.0287 e. The molecule has 10 unspecified atom stereocenters. The van der Waals surface area contributed by atoms with Crippen LogP contribution >= 0.6 is 0 Å². The van der Waals surface area contributed by atoms with Crippen molar-refractivity contribution in [2.24, 2.45) is 145 Å². The lowest BCUT2D eigenvalue weighted by atomic mass is 9.44. The molecule has 0 aromatic heterocycles. The number of rotatable bonds is 0. The van der Waals surface area contributed by atoms with Gasteiger partial charge >= 0.3 is 0 Å². The molecular formula is C64H112. The van der Waals surface area contributed by atoms with E-state index < -0.39 is 0 Å². The molecule has 0 radical (unpaired) electrons. The summed E-state index contributed by atoms with van der Waals surface area (Å²) in [6, 6.07) is 0. The normalized spacial score (nSPS) is 57.3. The topological polar surface area (TPSA) is 0 Å². The summed E-state index contributed by atoms with van der Waals surface area (Å²) in [5, 5.41) is 0. The maximum absolute atomic E-state index is 2.55. The van der Waals surface area contributed by atoms with Crippen molar-refractivity contribution in [1.29, 1.82) is 0 Å². The van der Waals surface area contributed by atoms with Crippen LogP contribution in [0.15, 0.2) is 0 Å². The fourth-order valence-corrected chi connectivity index (χ4v) is 22.8. The monoisotopic (exact) mass is 881 g/mol. The fraction of sp³-hybridized carbons (Fsp3) is 1.00. The van der Waals surface area contributed by atoms with Crippen LogP contribution in [0, 0.1) is 145 Å². The van der Waals surface area contributed by atoms with Gasteiger partial charge in [0.05, 0.1) is 0 Å². The van der Waals surface area contributed by atoms with Crippen molar-refractivity contribution in [3.63, 3.8) is 0 Å². The number of hydrogen-bond donors (Lipinski definition) is 0. The zero-order valence-electron chi connectivity index (χ0n) is 45.7. The second-order valence-electron chi connectivity index (χ2n) is 31.7. The first-order chi connectivity index (χ1) is 30.0. The highest BCUT2D eigenvalue weighted by atomic mass is 14.6. The molecule has 0 aromatic carbocycles. The van der Waals surface area contributed by atoms with Crippen molar-refractivity contribution in [3.05, 3.63) is 0 Å². The largest absolute Gasteiger partial charge is 0.0625 e. The van der Waals surface area contributed by atoms with Crippen LogP contribution in [0.1, 0.15) is 257 Å². The molecule has 17 aliphatic rings. The van der Waals surface area contributed by atoms with Crippen molar-refractivity contribution < 1.29 is 0 Å². The van der Waals surface area contributed by atoms with Gasteiger partial charge in [0, 0.05) is 0 Å². The molecule has 0 heterocycles. The first kappa shape index (κ1) is 49.0. The Hall–Kier alpha value is 0. The van der Waals surface area contributed by atoms with E-state index in [1.54, 1.807) is 64.2 Å². The summed E-state index contributed by atoms with van der Waals surface area (Å²) in [5.41, 5.74) is 3.88. The van der Waals surface area contributed by atoms with Crippen molar-refractivity contribution in [3.8, 4) is 0 Å². The Morgan fingerprint density at radius 3 is 1.03 bits per heavy atom. The van der Waals surface area contributed by atoms with Gasteiger partial charge in [-0.15, -0.1) is 0 Å². The van der Waals surface area contributed by atoms with E-state index in [0.717, 1.165) is 140 Å². The Labute approximate surface area is 401 Å². The van der Waals surface area contributed by atoms with E-state index in [9.17, 15) is 0 Å². The van der Waals surface area contributed by atoms with E-state index >= 15 is 0 Å². The minimum Gasteiger partial charge on any atom is -0.0625 e. The number of fused-ring (bicyclic) bond motifs is 6. The van der Waals surface area contributed by atoms with E-state index in [1.165, 1.54) is 96.3 Å². The lowest BCUT2D eigenvalue weighted by Crippen LogP contribution is -2.54. The lowest BCUT2D eigenvalue weighted by molar-refractivity contribution is -0.124. The first-order valence-corrected chi connectivity index (χ1v) is 30.0. The standard InChI is InChI=1S/2C12H20.C11H20.2C10H18.C9H16/c1-11-4-9-3-10(5-11)7-12(2,6-9)8-11;1-8-10-3-9-4-11(8)7-12(2,5-9)6-10;1-7-5-9-6-10(8(7)2)11(9,3)4;2*1-7-5-9-3-4-10(6-7)8(9)2;1-7-3-9(4-7)5-8(2)6-9/h9-10H,3-8H2,1-2H3;8-11H,3-7H2,1-2H3;7-10H,5-6H2,1-4H3;2*7-10H,3-6H2,1-2H3;7-8H,3-6H2,1-2H3. The van der Waals surface area contributed by atoms with Crippen molar-refractivity contribution in [1.82, 2.24) is 0 Å². The minimum atomic E-state index is 0.686. The summed E-state index contributed by atoms with van der Waals surface area (Å²) in [6.07, 6.45) is 38.6. The maximum Gasteiger partial charge on any atom is -0.0287 e. The second-order valence-corrected chi connectivity index (χ2v) is 31.7. The first-order valence-electron chi connectivity index (χ1n) is 30.0. The fourth-order valence-electron chi connectivity index (χ4n) is 22.8. The van der Waals surface area contributed by atoms with Gasteiger partial charge in [-0.1, -0.05) is 96.9 Å². The van der Waals surface area contributed by atoms with Gasteiger partial charge < -0.3 is 0 Å². The van der Waals surface area contributed by atoms with E-state index in [1.807, 2.05) is 0 Å². The molecule has 17 fully saturated rings. The molecule has 17 saturated carbocycles. The molecule has 0 aliphatic heterocycles. The molecular weight excluding hydrogens is 769 g/mol. The third-order valence-corrected chi connectivity index (χ3v) is 25.2. The summed E-state index contributed by atoms with van der Waals surface area (Å²) in [4.78, 5) is 0. The molecule has 0 aromatic rings. The predicted molar refractivity (Wildman–Crippen MR) is 277 cm³/mol.